The van der Waals surface area contributed by atoms with Crippen LogP contribution in [0.15, 0.2) is 41.1 Å². The van der Waals surface area contributed by atoms with E-state index < -0.39 is 11.9 Å². The molecule has 6 heteroatoms. The molecule has 0 fully saturated rings. The van der Waals surface area contributed by atoms with Crippen molar-refractivity contribution in [1.82, 2.24) is 4.90 Å². The SMILES string of the molecule is CCOC(=O)C1=C(C)N(CC(C)C)C(=O)/C1=C/c1ccc(C(=O)OC)cc1. The van der Waals surface area contributed by atoms with Gasteiger partial charge >= 0.3 is 11.9 Å². The number of benzene rings is 1. The van der Waals surface area contributed by atoms with E-state index in [9.17, 15) is 14.4 Å². The standard InChI is InChI=1S/C21H25NO5/c1-6-27-21(25)18-14(4)22(12-13(2)3)19(23)17(18)11-15-7-9-16(10-8-15)20(24)26-5/h7-11,13H,6,12H2,1-5H3/b17-11+. The number of hydrogen-bond donors (Lipinski definition) is 0. The van der Waals surface area contributed by atoms with Gasteiger partial charge in [-0.15, -0.1) is 0 Å². The highest BCUT2D eigenvalue weighted by Gasteiger charge is 2.37. The van der Waals surface area contributed by atoms with E-state index in [0.29, 0.717) is 34.5 Å². The lowest BCUT2D eigenvalue weighted by atomic mass is 10.0. The van der Waals surface area contributed by atoms with E-state index in [-0.39, 0.29) is 18.4 Å². The Morgan fingerprint density at radius 1 is 1.15 bits per heavy atom. The fraction of sp³-hybridized carbons (Fsp3) is 0.381. The smallest absolute Gasteiger partial charge is 0.340 e. The molecule has 1 aromatic carbocycles. The molecule has 0 atom stereocenters. The van der Waals surface area contributed by atoms with E-state index in [1.54, 1.807) is 49.1 Å². The van der Waals surface area contributed by atoms with Crippen molar-refractivity contribution in [3.8, 4) is 0 Å². The third kappa shape index (κ3) is 4.45. The fourth-order valence-corrected chi connectivity index (χ4v) is 2.91. The van der Waals surface area contributed by atoms with Crippen LogP contribution in [0.2, 0.25) is 0 Å². The van der Waals surface area contributed by atoms with E-state index in [4.69, 9.17) is 4.74 Å². The number of carbonyl (C=O) groups excluding carboxylic acids is 3. The molecule has 144 valence electrons. The first kappa shape index (κ1) is 20.4. The van der Waals surface area contributed by atoms with Crippen LogP contribution < -0.4 is 0 Å². The Hall–Kier alpha value is -2.89. The van der Waals surface area contributed by atoms with Crippen LogP contribution in [0.5, 0.6) is 0 Å². The molecule has 0 saturated carbocycles. The first-order valence-electron chi connectivity index (χ1n) is 8.90. The number of rotatable bonds is 6. The molecule has 0 saturated heterocycles. The highest BCUT2D eigenvalue weighted by molar-refractivity contribution is 6.16. The van der Waals surface area contributed by atoms with E-state index in [1.165, 1.54) is 7.11 Å². The van der Waals surface area contributed by atoms with Gasteiger partial charge in [0.15, 0.2) is 0 Å². The summed E-state index contributed by atoms with van der Waals surface area (Å²) in [4.78, 5) is 38.6. The Labute approximate surface area is 159 Å². The number of nitrogens with zero attached hydrogens (tertiary/aromatic N) is 1. The van der Waals surface area contributed by atoms with Gasteiger partial charge in [-0.3, -0.25) is 4.79 Å². The fourth-order valence-electron chi connectivity index (χ4n) is 2.91. The van der Waals surface area contributed by atoms with Gasteiger partial charge in [0, 0.05) is 12.2 Å². The second-order valence-electron chi connectivity index (χ2n) is 6.66. The van der Waals surface area contributed by atoms with Crippen LogP contribution in [0.25, 0.3) is 6.08 Å². The molecule has 0 aliphatic carbocycles. The molecule has 0 spiro atoms. The molecule has 0 unspecified atom stereocenters. The summed E-state index contributed by atoms with van der Waals surface area (Å²) >= 11 is 0. The average Bonchev–Trinajstić information content (AvgIpc) is 2.86. The van der Waals surface area contributed by atoms with Gasteiger partial charge in [-0.05, 0) is 43.5 Å². The molecule has 1 aliphatic heterocycles. The number of carbonyl (C=O) groups is 3. The highest BCUT2D eigenvalue weighted by Crippen LogP contribution is 2.32. The molecule has 0 bridgehead atoms. The van der Waals surface area contributed by atoms with Gasteiger partial charge in [-0.1, -0.05) is 26.0 Å². The summed E-state index contributed by atoms with van der Waals surface area (Å²) in [6, 6.07) is 6.64. The zero-order chi connectivity index (χ0) is 20.1. The molecule has 0 aromatic heterocycles. The number of allylic oxidation sites excluding steroid dienone is 1. The molecule has 1 amide bonds. The maximum Gasteiger partial charge on any atom is 0.340 e. The summed E-state index contributed by atoms with van der Waals surface area (Å²) < 4.78 is 9.84. The topological polar surface area (TPSA) is 72.9 Å². The predicted molar refractivity (Wildman–Crippen MR) is 102 cm³/mol. The zero-order valence-electron chi connectivity index (χ0n) is 16.4. The quantitative estimate of drug-likeness (QED) is 0.567. The Bertz CT molecular complexity index is 802. The van der Waals surface area contributed by atoms with E-state index in [0.717, 1.165) is 0 Å². The van der Waals surface area contributed by atoms with Crippen LogP contribution in [0.1, 0.15) is 43.6 Å². The van der Waals surface area contributed by atoms with Gasteiger partial charge in [0.2, 0.25) is 0 Å². The Morgan fingerprint density at radius 2 is 1.78 bits per heavy atom. The van der Waals surface area contributed by atoms with Crippen LogP contribution >= 0.6 is 0 Å². The van der Waals surface area contributed by atoms with Gasteiger partial charge in [0.25, 0.3) is 5.91 Å². The van der Waals surface area contributed by atoms with Gasteiger partial charge < -0.3 is 14.4 Å². The predicted octanol–water partition coefficient (Wildman–Crippen LogP) is 3.19. The third-order valence-corrected chi connectivity index (χ3v) is 4.18. The maximum absolute atomic E-state index is 12.9. The monoisotopic (exact) mass is 371 g/mol. The van der Waals surface area contributed by atoms with Crippen LogP contribution in [-0.4, -0.2) is 43.0 Å². The minimum absolute atomic E-state index is 0.221. The van der Waals surface area contributed by atoms with E-state index in [2.05, 4.69) is 4.74 Å². The normalized spacial score (nSPS) is 15.7. The average molecular weight is 371 g/mol. The van der Waals surface area contributed by atoms with Crippen LogP contribution in [0, 0.1) is 5.92 Å². The summed E-state index contributed by atoms with van der Waals surface area (Å²) in [6.45, 7) is 8.26. The van der Waals surface area contributed by atoms with Crippen molar-refractivity contribution in [3.63, 3.8) is 0 Å². The highest BCUT2D eigenvalue weighted by atomic mass is 16.5. The van der Waals surface area contributed by atoms with Gasteiger partial charge in [0.05, 0.1) is 30.4 Å². The second kappa shape index (κ2) is 8.66. The van der Waals surface area contributed by atoms with Gasteiger partial charge in [-0.2, -0.15) is 0 Å². The summed E-state index contributed by atoms with van der Waals surface area (Å²) in [5, 5.41) is 0. The lowest BCUT2D eigenvalue weighted by molar-refractivity contribution is -0.138. The second-order valence-corrected chi connectivity index (χ2v) is 6.66. The first-order chi connectivity index (χ1) is 12.8. The first-order valence-corrected chi connectivity index (χ1v) is 8.90. The number of esters is 2. The lowest BCUT2D eigenvalue weighted by Gasteiger charge is -2.19. The van der Waals surface area contributed by atoms with Crippen LogP contribution in [0.4, 0.5) is 0 Å². The van der Waals surface area contributed by atoms with Crippen molar-refractivity contribution >= 4 is 23.9 Å². The molecule has 0 N–H and O–H groups in total. The Balaban J connectivity index is 2.45. The summed E-state index contributed by atoms with van der Waals surface area (Å²) in [5.41, 5.74) is 2.31. The molecule has 6 nitrogen and oxygen atoms in total. The van der Waals surface area contributed by atoms with Crippen molar-refractivity contribution in [2.45, 2.75) is 27.7 Å². The van der Waals surface area contributed by atoms with Crippen molar-refractivity contribution in [1.29, 1.82) is 0 Å². The van der Waals surface area contributed by atoms with Crippen molar-refractivity contribution in [2.75, 3.05) is 20.3 Å². The number of ether oxygens (including phenoxy) is 2. The molecule has 0 radical (unpaired) electrons. The molecule has 2 rings (SSSR count). The molecule has 27 heavy (non-hydrogen) atoms. The molecular weight excluding hydrogens is 346 g/mol. The lowest BCUT2D eigenvalue weighted by Crippen LogP contribution is -2.28. The largest absolute Gasteiger partial charge is 0.465 e. The zero-order valence-corrected chi connectivity index (χ0v) is 16.4. The van der Waals surface area contributed by atoms with E-state index in [1.807, 2.05) is 13.8 Å². The third-order valence-electron chi connectivity index (χ3n) is 4.18. The molecule has 1 aromatic rings. The number of amides is 1. The van der Waals surface area contributed by atoms with Crippen LogP contribution in [0.3, 0.4) is 0 Å². The summed E-state index contributed by atoms with van der Waals surface area (Å²) in [6.07, 6.45) is 1.65. The van der Waals surface area contributed by atoms with Gasteiger partial charge in [0.1, 0.15) is 0 Å². The molecule has 1 heterocycles. The minimum Gasteiger partial charge on any atom is -0.465 e. The Kier molecular flexibility index (Phi) is 6.55. The van der Waals surface area contributed by atoms with Crippen molar-refractivity contribution in [3.05, 3.63) is 52.2 Å². The number of methoxy groups -OCH3 is 1. The maximum atomic E-state index is 12.9. The van der Waals surface area contributed by atoms with Crippen LogP contribution in [-0.2, 0) is 19.1 Å². The summed E-state index contributed by atoms with van der Waals surface area (Å²) in [7, 11) is 1.32. The van der Waals surface area contributed by atoms with Gasteiger partial charge in [-0.25, -0.2) is 9.59 Å². The van der Waals surface area contributed by atoms with E-state index >= 15 is 0 Å². The summed E-state index contributed by atoms with van der Waals surface area (Å²) in [5.74, 6) is -0.906. The van der Waals surface area contributed by atoms with Crippen molar-refractivity contribution in [2.24, 2.45) is 5.92 Å². The minimum atomic E-state index is -0.507. The van der Waals surface area contributed by atoms with Crippen molar-refractivity contribution < 1.29 is 23.9 Å². The Morgan fingerprint density at radius 3 is 2.30 bits per heavy atom. The molecule has 1 aliphatic rings. The molecular formula is C21H25NO5. The number of hydrogen-bond acceptors (Lipinski definition) is 5.